The largest absolute Gasteiger partial charge is 0.530 e. The van der Waals surface area contributed by atoms with Gasteiger partial charge in [0.15, 0.2) is 0 Å². The zero-order valence-corrected chi connectivity index (χ0v) is 14.5. The third-order valence-electron chi connectivity index (χ3n) is 1.60. The Labute approximate surface area is 114 Å². The van der Waals surface area contributed by atoms with Gasteiger partial charge in [-0.1, -0.05) is 6.58 Å². The monoisotopic (exact) mass is 274 g/mol. The van der Waals surface area contributed by atoms with Gasteiger partial charge in [-0.05, 0) is 68.0 Å². The second kappa shape index (κ2) is 5.45. The lowest BCUT2D eigenvalue weighted by Gasteiger charge is -2.41. The van der Waals surface area contributed by atoms with Crippen molar-refractivity contribution in [2.45, 2.75) is 79.1 Å². The van der Waals surface area contributed by atoms with Crippen molar-refractivity contribution in [1.82, 2.24) is 0 Å². The SMILES string of the molecule is C=C[Si](OC(C)(C)C)(OC(C)(C)C)OC(C)(C)C. The van der Waals surface area contributed by atoms with Crippen LogP contribution >= 0.6 is 0 Å². The molecule has 0 aliphatic heterocycles. The third-order valence-corrected chi connectivity index (χ3v) is 4.79. The molecule has 0 aromatic rings. The Morgan fingerprint density at radius 1 is 0.667 bits per heavy atom. The number of hydrogen-bond donors (Lipinski definition) is 0. The summed E-state index contributed by atoms with van der Waals surface area (Å²) < 4.78 is 18.3. The molecule has 0 fully saturated rings. The molecule has 0 N–H and O–H groups in total. The molecule has 0 radical (unpaired) electrons. The Kier molecular flexibility index (Phi) is 5.40. The topological polar surface area (TPSA) is 27.7 Å². The first-order valence-corrected chi connectivity index (χ1v) is 8.22. The summed E-state index contributed by atoms with van der Waals surface area (Å²) >= 11 is 0. The van der Waals surface area contributed by atoms with Gasteiger partial charge >= 0.3 is 8.80 Å². The highest BCUT2D eigenvalue weighted by molar-refractivity contribution is 6.66. The van der Waals surface area contributed by atoms with E-state index in [2.05, 4.69) is 6.58 Å². The van der Waals surface area contributed by atoms with E-state index in [9.17, 15) is 0 Å². The summed E-state index contributed by atoms with van der Waals surface area (Å²) in [6.07, 6.45) is 0. The molecule has 0 aliphatic carbocycles. The molecule has 0 heterocycles. The van der Waals surface area contributed by atoms with E-state index in [0.29, 0.717) is 0 Å². The zero-order chi connectivity index (χ0) is 14.8. The van der Waals surface area contributed by atoms with Crippen molar-refractivity contribution >= 4 is 8.80 Å². The first kappa shape index (κ1) is 17.8. The van der Waals surface area contributed by atoms with E-state index < -0.39 is 8.80 Å². The molecular weight excluding hydrogens is 244 g/mol. The standard InChI is InChI=1S/C14H30O3Si/c1-11-18(15-12(2,3)4,16-13(5,6)7)17-14(8,9)10/h11H,1H2,2-10H3. The van der Waals surface area contributed by atoms with Crippen molar-refractivity contribution in [3.8, 4) is 0 Å². The lowest BCUT2D eigenvalue weighted by molar-refractivity contribution is -0.0666. The quantitative estimate of drug-likeness (QED) is 0.723. The van der Waals surface area contributed by atoms with Gasteiger partial charge in [0.1, 0.15) is 0 Å². The van der Waals surface area contributed by atoms with Crippen LogP contribution < -0.4 is 0 Å². The molecule has 0 saturated heterocycles. The Bertz CT molecular complexity index is 238. The predicted molar refractivity (Wildman–Crippen MR) is 78.5 cm³/mol. The average molecular weight is 274 g/mol. The fraction of sp³-hybridized carbons (Fsp3) is 0.857. The van der Waals surface area contributed by atoms with Gasteiger partial charge in [-0.2, -0.15) is 0 Å². The lowest BCUT2D eigenvalue weighted by Crippen LogP contribution is -2.56. The molecule has 0 saturated carbocycles. The van der Waals surface area contributed by atoms with Crippen LogP contribution in [0.4, 0.5) is 0 Å². The Hall–Kier alpha value is -0.163. The van der Waals surface area contributed by atoms with Crippen LogP contribution in [0.2, 0.25) is 0 Å². The third kappa shape index (κ3) is 8.03. The molecule has 0 spiro atoms. The predicted octanol–water partition coefficient (Wildman–Crippen LogP) is 4.10. The van der Waals surface area contributed by atoms with E-state index in [1.807, 2.05) is 62.3 Å². The Morgan fingerprint density at radius 2 is 0.889 bits per heavy atom. The van der Waals surface area contributed by atoms with E-state index in [0.717, 1.165) is 0 Å². The van der Waals surface area contributed by atoms with Crippen LogP contribution in [-0.2, 0) is 13.3 Å². The van der Waals surface area contributed by atoms with Gasteiger partial charge in [0.2, 0.25) is 0 Å². The Balaban J connectivity index is 5.27. The Morgan fingerprint density at radius 3 is 1.00 bits per heavy atom. The second-order valence-corrected chi connectivity index (χ2v) is 9.68. The minimum atomic E-state index is -2.91. The molecule has 0 rings (SSSR count). The maximum Gasteiger partial charge on any atom is 0.530 e. The summed E-state index contributed by atoms with van der Waals surface area (Å²) in [5.74, 6) is 0. The van der Waals surface area contributed by atoms with Gasteiger partial charge in [0, 0.05) is 0 Å². The molecular formula is C14H30O3Si. The summed E-state index contributed by atoms with van der Waals surface area (Å²) in [5.41, 5.74) is 0.708. The lowest BCUT2D eigenvalue weighted by atomic mass is 10.2. The van der Waals surface area contributed by atoms with Crippen molar-refractivity contribution in [2.24, 2.45) is 0 Å². The average Bonchev–Trinajstić information content (AvgIpc) is 1.93. The van der Waals surface area contributed by atoms with E-state index in [1.165, 1.54) is 0 Å². The fourth-order valence-electron chi connectivity index (χ4n) is 1.47. The molecule has 0 unspecified atom stereocenters. The molecule has 0 atom stereocenters. The number of hydrogen-bond acceptors (Lipinski definition) is 3. The minimum absolute atomic E-state index is 0.336. The van der Waals surface area contributed by atoms with Gasteiger partial charge in [-0.25, -0.2) is 0 Å². The van der Waals surface area contributed by atoms with Crippen LogP contribution in [0.3, 0.4) is 0 Å². The van der Waals surface area contributed by atoms with Crippen molar-refractivity contribution in [1.29, 1.82) is 0 Å². The van der Waals surface area contributed by atoms with Gasteiger partial charge in [-0.3, -0.25) is 0 Å². The van der Waals surface area contributed by atoms with Crippen LogP contribution in [0.25, 0.3) is 0 Å². The van der Waals surface area contributed by atoms with Crippen LogP contribution in [0, 0.1) is 0 Å². The van der Waals surface area contributed by atoms with Crippen molar-refractivity contribution < 1.29 is 13.3 Å². The van der Waals surface area contributed by atoms with Gasteiger partial charge in [0.25, 0.3) is 0 Å². The minimum Gasteiger partial charge on any atom is -0.365 e. The molecule has 0 bridgehead atoms. The van der Waals surface area contributed by atoms with Crippen molar-refractivity contribution in [2.75, 3.05) is 0 Å². The maximum atomic E-state index is 6.10. The van der Waals surface area contributed by atoms with Gasteiger partial charge in [-0.15, -0.1) is 0 Å². The highest BCUT2D eigenvalue weighted by Crippen LogP contribution is 2.29. The van der Waals surface area contributed by atoms with Gasteiger partial charge < -0.3 is 13.3 Å². The maximum absolute atomic E-state index is 6.10. The highest BCUT2D eigenvalue weighted by Gasteiger charge is 2.47. The molecule has 0 aromatic heterocycles. The summed E-state index contributed by atoms with van der Waals surface area (Å²) in [6.45, 7) is 21.8. The van der Waals surface area contributed by atoms with Crippen LogP contribution in [0.15, 0.2) is 12.3 Å². The first-order chi connectivity index (χ1) is 7.68. The zero-order valence-electron chi connectivity index (χ0n) is 13.5. The molecule has 18 heavy (non-hydrogen) atoms. The van der Waals surface area contributed by atoms with Gasteiger partial charge in [0.05, 0.1) is 16.8 Å². The smallest absolute Gasteiger partial charge is 0.365 e. The van der Waals surface area contributed by atoms with E-state index in [4.69, 9.17) is 13.3 Å². The van der Waals surface area contributed by atoms with E-state index in [1.54, 1.807) is 5.70 Å². The van der Waals surface area contributed by atoms with Crippen molar-refractivity contribution in [3.63, 3.8) is 0 Å². The van der Waals surface area contributed by atoms with Crippen LogP contribution in [-0.4, -0.2) is 25.6 Å². The number of rotatable bonds is 4. The second-order valence-electron chi connectivity index (χ2n) is 7.45. The summed E-state index contributed by atoms with van der Waals surface area (Å²) in [6, 6.07) is 0. The fourth-order valence-corrected chi connectivity index (χ4v) is 4.40. The molecule has 0 aromatic carbocycles. The molecule has 4 heteroatoms. The van der Waals surface area contributed by atoms with E-state index in [-0.39, 0.29) is 16.8 Å². The molecule has 3 nitrogen and oxygen atoms in total. The highest BCUT2D eigenvalue weighted by atomic mass is 28.4. The van der Waals surface area contributed by atoms with E-state index >= 15 is 0 Å². The molecule has 0 aliphatic rings. The summed E-state index contributed by atoms with van der Waals surface area (Å²) in [7, 11) is -2.91. The summed E-state index contributed by atoms with van der Waals surface area (Å²) in [4.78, 5) is 0. The molecule has 108 valence electrons. The molecule has 0 amide bonds. The van der Waals surface area contributed by atoms with Crippen molar-refractivity contribution in [3.05, 3.63) is 12.3 Å². The van der Waals surface area contributed by atoms with Crippen LogP contribution in [0.5, 0.6) is 0 Å². The first-order valence-electron chi connectivity index (χ1n) is 6.42. The summed E-state index contributed by atoms with van der Waals surface area (Å²) in [5, 5.41) is 0. The normalized spacial score (nSPS) is 14.7. The van der Waals surface area contributed by atoms with Crippen LogP contribution in [0.1, 0.15) is 62.3 Å².